The lowest BCUT2D eigenvalue weighted by molar-refractivity contribution is -0.239. The molecule has 2 N–H and O–H groups in total. The third-order valence-electron chi connectivity index (χ3n) is 5.85. The van der Waals surface area contributed by atoms with Crippen molar-refractivity contribution in [3.63, 3.8) is 0 Å². The first-order valence-electron chi connectivity index (χ1n) is 13.2. The van der Waals surface area contributed by atoms with E-state index in [1.165, 1.54) is 36.3 Å². The van der Waals surface area contributed by atoms with Crippen LogP contribution in [0.2, 0.25) is 0 Å². The summed E-state index contributed by atoms with van der Waals surface area (Å²) in [5.41, 5.74) is 2.85. The quantitative estimate of drug-likeness (QED) is 0.0797. The Morgan fingerprint density at radius 1 is 1.20 bits per heavy atom. The van der Waals surface area contributed by atoms with Crippen LogP contribution in [0.1, 0.15) is 63.9 Å². The van der Waals surface area contributed by atoms with Crippen LogP contribution in [0.3, 0.4) is 0 Å². The van der Waals surface area contributed by atoms with E-state index in [4.69, 9.17) is 19.5 Å². The molecule has 40 heavy (non-hydrogen) atoms. The summed E-state index contributed by atoms with van der Waals surface area (Å²) in [4.78, 5) is 32.5. The van der Waals surface area contributed by atoms with E-state index in [0.29, 0.717) is 12.5 Å². The van der Waals surface area contributed by atoms with Gasteiger partial charge in [0, 0.05) is 30.4 Å². The number of aromatic nitrogens is 2. The molecule has 1 heterocycles. The van der Waals surface area contributed by atoms with Crippen LogP contribution in [0.5, 0.6) is 0 Å². The number of phosphoric ester groups is 1. The highest BCUT2D eigenvalue weighted by molar-refractivity contribution is 7.45. The van der Waals surface area contributed by atoms with E-state index in [1.54, 1.807) is 6.07 Å². The molecule has 11 nitrogen and oxygen atoms in total. The number of hydrogen-bond donors (Lipinski definition) is 1. The minimum Gasteiger partial charge on any atom is -0.756 e. The second kappa shape index (κ2) is 17.6. The number of carbonyl (C=O) groups is 1. The van der Waals surface area contributed by atoms with Gasteiger partial charge in [0.1, 0.15) is 30.2 Å². The average molecular weight is 585 g/mol. The standard InChI is InChI=1S/C26H38F2N5O6P/c1-2-3-4-5-6-7-8-10-25(34)37-15-16-38-40(35,36)39-26(18-30-21-31-20-29,19-33-14-9-13-32-33)23-12-11-22(27)17-24(23)28/h9,11-14,17,20-21H,2-8,10,15-16,18-19H2,1H3,(H,35,36)(H2,29,30,31)/p-1. The summed E-state index contributed by atoms with van der Waals surface area (Å²) in [6.45, 7) is 0.486. The second-order valence-corrected chi connectivity index (χ2v) is 10.4. The van der Waals surface area contributed by atoms with E-state index in [0.717, 1.165) is 44.1 Å². The Morgan fingerprint density at radius 2 is 1.95 bits per heavy atom. The minimum atomic E-state index is -5.16. The van der Waals surface area contributed by atoms with E-state index in [1.807, 2.05) is 0 Å². The highest BCUT2D eigenvalue weighted by Gasteiger charge is 2.41. The van der Waals surface area contributed by atoms with Gasteiger partial charge in [-0.25, -0.2) is 13.8 Å². The lowest BCUT2D eigenvalue weighted by Gasteiger charge is -2.38. The van der Waals surface area contributed by atoms with Gasteiger partial charge >= 0.3 is 5.97 Å². The van der Waals surface area contributed by atoms with Crippen molar-refractivity contribution in [3.05, 3.63) is 53.9 Å². The van der Waals surface area contributed by atoms with Crippen molar-refractivity contribution in [2.24, 2.45) is 15.7 Å². The minimum absolute atomic E-state index is 0.222. The fraction of sp³-hybridized carbons (Fsp3) is 0.538. The fourth-order valence-electron chi connectivity index (χ4n) is 3.96. The van der Waals surface area contributed by atoms with Crippen molar-refractivity contribution in [1.29, 1.82) is 0 Å². The largest absolute Gasteiger partial charge is 0.756 e. The first-order valence-corrected chi connectivity index (χ1v) is 14.6. The van der Waals surface area contributed by atoms with Crippen molar-refractivity contribution < 1.29 is 36.8 Å². The number of aliphatic imine (C=N–C) groups is 2. The van der Waals surface area contributed by atoms with E-state index in [9.17, 15) is 23.0 Å². The number of carbonyl (C=O) groups excluding carboxylic acids is 1. The van der Waals surface area contributed by atoms with Crippen molar-refractivity contribution in [2.45, 2.75) is 70.4 Å². The fourth-order valence-corrected chi connectivity index (χ4v) is 4.95. The maximum atomic E-state index is 15.0. The Morgan fingerprint density at radius 3 is 2.62 bits per heavy atom. The van der Waals surface area contributed by atoms with Gasteiger partial charge in [0.2, 0.25) is 0 Å². The van der Waals surface area contributed by atoms with Crippen LogP contribution < -0.4 is 10.6 Å². The van der Waals surface area contributed by atoms with Crippen LogP contribution in [0, 0.1) is 11.6 Å². The maximum absolute atomic E-state index is 15.0. The Kier molecular flexibility index (Phi) is 14.7. The van der Waals surface area contributed by atoms with E-state index >= 15 is 0 Å². The molecule has 2 rings (SSSR count). The SMILES string of the molecule is CCCCCCCCCC(=O)OCCOP(=O)([O-])OC(CN=CN=CN)(Cn1cccn1)c1ccc(F)cc1F. The third-order valence-corrected chi connectivity index (χ3v) is 6.92. The Hall–Kier alpha value is -2.99. The topological polar surface area (TPSA) is 153 Å². The highest BCUT2D eigenvalue weighted by atomic mass is 31.2. The summed E-state index contributed by atoms with van der Waals surface area (Å²) in [5, 5.41) is 4.04. The molecule has 0 fully saturated rings. The summed E-state index contributed by atoms with van der Waals surface area (Å²) in [6.07, 6.45) is 12.5. The van der Waals surface area contributed by atoms with Gasteiger partial charge in [0.15, 0.2) is 0 Å². The van der Waals surface area contributed by atoms with Gasteiger partial charge in [-0.3, -0.25) is 19.0 Å². The number of rotatable bonds is 20. The molecule has 2 aromatic rings. The van der Waals surface area contributed by atoms with Crippen molar-refractivity contribution >= 4 is 26.5 Å². The molecule has 1 aromatic heterocycles. The average Bonchev–Trinajstić information content (AvgIpc) is 3.41. The molecule has 222 valence electrons. The molecule has 0 aliphatic carbocycles. The number of nitrogens with zero attached hydrogens (tertiary/aromatic N) is 4. The maximum Gasteiger partial charge on any atom is 0.305 e. The van der Waals surface area contributed by atoms with Gasteiger partial charge in [-0.1, -0.05) is 51.5 Å². The number of benzene rings is 1. The Balaban J connectivity index is 2.06. The zero-order valence-electron chi connectivity index (χ0n) is 22.6. The van der Waals surface area contributed by atoms with Crippen LogP contribution in [0.4, 0.5) is 8.78 Å². The molecule has 0 saturated carbocycles. The zero-order valence-corrected chi connectivity index (χ0v) is 23.5. The lowest BCUT2D eigenvalue weighted by Crippen LogP contribution is -2.40. The Bertz CT molecular complexity index is 1130. The summed E-state index contributed by atoms with van der Waals surface area (Å²) in [6, 6.07) is 4.19. The summed E-state index contributed by atoms with van der Waals surface area (Å²) in [5.74, 6) is -2.40. The number of ether oxygens (including phenoxy) is 1. The smallest absolute Gasteiger partial charge is 0.305 e. The first kappa shape index (κ1) is 33.2. The predicted molar refractivity (Wildman–Crippen MR) is 145 cm³/mol. The molecule has 14 heteroatoms. The third kappa shape index (κ3) is 12.0. The Labute approximate surface area is 233 Å². The van der Waals surface area contributed by atoms with Crippen molar-refractivity contribution in [3.8, 4) is 0 Å². The molecule has 0 bridgehead atoms. The normalized spacial score (nSPS) is 14.9. The van der Waals surface area contributed by atoms with E-state index in [-0.39, 0.29) is 25.1 Å². The molecule has 0 aliphatic rings. The van der Waals surface area contributed by atoms with Gasteiger partial charge in [0.05, 0.1) is 26.0 Å². The van der Waals surface area contributed by atoms with Gasteiger partial charge < -0.3 is 24.4 Å². The van der Waals surface area contributed by atoms with Crippen LogP contribution in [-0.4, -0.2) is 48.2 Å². The molecule has 0 saturated heterocycles. The molecule has 0 spiro atoms. The number of nitrogens with two attached hydrogens (primary N) is 1. The molecular formula is C26H37F2N5O6P-. The van der Waals surface area contributed by atoms with Crippen LogP contribution in [0.25, 0.3) is 0 Å². The second-order valence-electron chi connectivity index (χ2n) is 9.04. The number of unbranched alkanes of at least 4 members (excludes halogenated alkanes) is 6. The van der Waals surface area contributed by atoms with Crippen LogP contribution in [-0.2, 0) is 35.3 Å². The number of hydrogen-bond acceptors (Lipinski definition) is 8. The molecule has 2 atom stereocenters. The summed E-state index contributed by atoms with van der Waals surface area (Å²) >= 11 is 0. The monoisotopic (exact) mass is 584 g/mol. The van der Waals surface area contributed by atoms with Gasteiger partial charge in [-0.2, -0.15) is 5.10 Å². The number of phosphoric acid groups is 1. The molecule has 0 aliphatic heterocycles. The molecule has 2 unspecified atom stereocenters. The molecular weight excluding hydrogens is 547 g/mol. The summed E-state index contributed by atoms with van der Waals surface area (Å²) < 4.78 is 58.3. The van der Waals surface area contributed by atoms with Crippen LogP contribution in [0.15, 0.2) is 46.6 Å². The molecule has 0 radical (unpaired) electrons. The number of esters is 1. The van der Waals surface area contributed by atoms with Gasteiger partial charge in [-0.15, -0.1) is 0 Å². The van der Waals surface area contributed by atoms with E-state index < -0.39 is 44.2 Å². The molecule has 1 aromatic carbocycles. The van der Waals surface area contributed by atoms with E-state index in [2.05, 4.69) is 22.0 Å². The highest BCUT2D eigenvalue weighted by Crippen LogP contribution is 2.48. The van der Waals surface area contributed by atoms with Gasteiger partial charge in [-0.05, 0) is 18.6 Å². The van der Waals surface area contributed by atoms with Gasteiger partial charge in [0.25, 0.3) is 7.82 Å². The first-order chi connectivity index (χ1) is 19.2. The summed E-state index contributed by atoms with van der Waals surface area (Å²) in [7, 11) is -5.16. The predicted octanol–water partition coefficient (Wildman–Crippen LogP) is 4.26. The lowest BCUT2D eigenvalue weighted by atomic mass is 9.93. The van der Waals surface area contributed by atoms with Crippen molar-refractivity contribution in [1.82, 2.24) is 9.78 Å². The van der Waals surface area contributed by atoms with Crippen molar-refractivity contribution in [2.75, 3.05) is 19.8 Å². The zero-order chi connectivity index (χ0) is 29.3. The van der Waals surface area contributed by atoms with Crippen LogP contribution >= 0.6 is 7.82 Å². The number of halogens is 2. The molecule has 0 amide bonds.